The van der Waals surface area contributed by atoms with Crippen LogP contribution in [0.2, 0.25) is 0 Å². The number of amides is 9. The molecule has 12 N–H and O–H groups in total. The fraction of sp³-hybridized carbons (Fsp3) is 0.737. The lowest BCUT2D eigenvalue weighted by Crippen LogP contribution is -2.54. The maximum absolute atomic E-state index is 13.1. The molecule has 0 rings (SSSR count). The monoisotopic (exact) mass is 856 g/mol. The Bertz CT molecular complexity index is 1430. The zero-order valence-corrected chi connectivity index (χ0v) is 36.0. The molecule has 342 valence electrons. The summed E-state index contributed by atoms with van der Waals surface area (Å²) in [5.74, 6) is -7.12. The van der Waals surface area contributed by atoms with E-state index in [2.05, 4.69) is 47.9 Å². The first-order valence-electron chi connectivity index (χ1n) is 20.5. The van der Waals surface area contributed by atoms with Crippen molar-refractivity contribution in [2.45, 2.75) is 105 Å². The lowest BCUT2D eigenvalue weighted by molar-refractivity contribution is -0.143. The molecule has 60 heavy (non-hydrogen) atoms. The number of nitrogens with zero attached hydrogens (tertiary/aromatic N) is 1. The van der Waals surface area contributed by atoms with Crippen LogP contribution in [0.25, 0.3) is 0 Å². The van der Waals surface area contributed by atoms with Crippen molar-refractivity contribution in [3.8, 4) is 0 Å². The van der Waals surface area contributed by atoms with Crippen molar-refractivity contribution in [3.63, 3.8) is 0 Å². The molecule has 22 heteroatoms. The summed E-state index contributed by atoms with van der Waals surface area (Å²) in [7, 11) is 0. The van der Waals surface area contributed by atoms with Crippen LogP contribution in [-0.4, -0.2) is 153 Å². The van der Waals surface area contributed by atoms with Crippen molar-refractivity contribution in [1.82, 2.24) is 52.8 Å². The second-order valence-electron chi connectivity index (χ2n) is 15.0. The van der Waals surface area contributed by atoms with Gasteiger partial charge in [0.1, 0.15) is 18.1 Å². The number of aliphatic carboxylic acids is 1. The Kier molecular flexibility index (Phi) is 28.7. The van der Waals surface area contributed by atoms with E-state index in [1.54, 1.807) is 6.92 Å². The zero-order chi connectivity index (χ0) is 45.6. The molecule has 0 aliphatic rings. The first-order valence-corrected chi connectivity index (χ1v) is 20.5. The van der Waals surface area contributed by atoms with Crippen LogP contribution < -0.4 is 53.6 Å². The molecule has 0 bridgehead atoms. The highest BCUT2D eigenvalue weighted by Crippen LogP contribution is 2.07. The molecule has 0 aromatic carbocycles. The van der Waals surface area contributed by atoms with E-state index >= 15 is 0 Å². The molecule has 0 spiro atoms. The van der Waals surface area contributed by atoms with Gasteiger partial charge >= 0.3 is 5.97 Å². The van der Waals surface area contributed by atoms with Crippen molar-refractivity contribution in [3.05, 3.63) is 0 Å². The number of nitrogens with two attached hydrogens (primary N) is 1. The van der Waals surface area contributed by atoms with Crippen molar-refractivity contribution < 1.29 is 53.1 Å². The predicted octanol–water partition coefficient (Wildman–Crippen LogP) is -3.43. The van der Waals surface area contributed by atoms with Gasteiger partial charge in [0.25, 0.3) is 0 Å². The van der Waals surface area contributed by atoms with Gasteiger partial charge in [0.05, 0.1) is 45.8 Å². The molecular formula is C38H69N11O11. The van der Waals surface area contributed by atoms with E-state index in [1.807, 2.05) is 34.6 Å². The number of hydrogen-bond acceptors (Lipinski definition) is 12. The van der Waals surface area contributed by atoms with Gasteiger partial charge in [0.2, 0.25) is 53.2 Å². The van der Waals surface area contributed by atoms with Gasteiger partial charge in [-0.2, -0.15) is 0 Å². The second-order valence-corrected chi connectivity index (χ2v) is 15.0. The Morgan fingerprint density at radius 3 is 1.47 bits per heavy atom. The number of carboxylic acid groups (broad SMARTS) is 1. The first kappa shape index (κ1) is 54.6. The van der Waals surface area contributed by atoms with Crippen LogP contribution in [0.3, 0.4) is 0 Å². The van der Waals surface area contributed by atoms with Crippen molar-refractivity contribution >= 4 is 59.1 Å². The summed E-state index contributed by atoms with van der Waals surface area (Å²) >= 11 is 0. The molecule has 0 heterocycles. The fourth-order valence-corrected chi connectivity index (χ4v) is 5.41. The SMILES string of the molecule is CCCNCC(=O)NCC(=O)NCC(=O)NC(CC(C)C)C(=O)NCC(=O)NC(CC(C)C)C(=O)NCC(=O)NCC(=O)N(CCC)CC(=O)NC(CCCCN)C(=O)O. The normalized spacial score (nSPS) is 12.3. The largest absolute Gasteiger partial charge is 0.480 e. The van der Waals surface area contributed by atoms with E-state index < -0.39 is 104 Å². The molecule has 3 atom stereocenters. The van der Waals surface area contributed by atoms with Gasteiger partial charge in [-0.25, -0.2) is 4.79 Å². The predicted molar refractivity (Wildman–Crippen MR) is 220 cm³/mol. The van der Waals surface area contributed by atoms with Gasteiger partial charge in [-0.05, 0) is 69.9 Å². The zero-order valence-electron chi connectivity index (χ0n) is 36.0. The Morgan fingerprint density at radius 2 is 1.00 bits per heavy atom. The Balaban J connectivity index is 5.09. The minimum absolute atomic E-state index is 0.0453. The molecule has 0 aliphatic carbocycles. The summed E-state index contributed by atoms with van der Waals surface area (Å²) in [4.78, 5) is 126. The van der Waals surface area contributed by atoms with Gasteiger partial charge in [0.15, 0.2) is 0 Å². The standard InChI is InChI=1S/C38H69N11O11/c1-7-13-40-17-29(50)41-18-30(51)42-20-32(53)47-28(16-25(5)6)37(58)45-21-33(54)48-27(15-24(3)4)36(57)44-19-31(52)43-22-35(56)49(14-8-2)23-34(55)46-26(38(59)60)11-9-10-12-39/h24-28,40H,7-23,39H2,1-6H3,(H,41,50)(H,42,51)(H,43,52)(H,44,57)(H,45,58)(H,46,55)(H,47,53)(H,48,54)(H,59,60). The molecule has 0 aromatic rings. The Morgan fingerprint density at radius 1 is 0.550 bits per heavy atom. The van der Waals surface area contributed by atoms with Crippen LogP contribution in [0, 0.1) is 11.8 Å². The van der Waals surface area contributed by atoms with Gasteiger partial charge in [-0.15, -0.1) is 0 Å². The smallest absolute Gasteiger partial charge is 0.326 e. The van der Waals surface area contributed by atoms with Gasteiger partial charge in [-0.1, -0.05) is 41.5 Å². The lowest BCUT2D eigenvalue weighted by atomic mass is 10.0. The van der Waals surface area contributed by atoms with E-state index in [0.29, 0.717) is 32.4 Å². The number of carbonyl (C=O) groups is 10. The molecular weight excluding hydrogens is 786 g/mol. The molecule has 9 amide bonds. The number of carboxylic acids is 1. The molecule has 3 unspecified atom stereocenters. The molecule has 0 saturated heterocycles. The molecule has 0 fully saturated rings. The number of hydrogen-bond donors (Lipinski definition) is 11. The van der Waals surface area contributed by atoms with Crippen LogP contribution in [0.15, 0.2) is 0 Å². The maximum Gasteiger partial charge on any atom is 0.326 e. The lowest BCUT2D eigenvalue weighted by Gasteiger charge is -2.23. The van der Waals surface area contributed by atoms with E-state index in [-0.39, 0.29) is 56.6 Å². The third-order valence-corrected chi connectivity index (χ3v) is 8.37. The number of rotatable bonds is 32. The van der Waals surface area contributed by atoms with Crippen molar-refractivity contribution in [2.24, 2.45) is 17.6 Å². The van der Waals surface area contributed by atoms with Crippen molar-refractivity contribution in [1.29, 1.82) is 0 Å². The quantitative estimate of drug-likeness (QED) is 0.0294. The summed E-state index contributed by atoms with van der Waals surface area (Å²) < 4.78 is 0. The Labute approximate surface area is 352 Å². The van der Waals surface area contributed by atoms with Crippen LogP contribution in [0.1, 0.15) is 86.5 Å². The third kappa shape index (κ3) is 26.6. The maximum atomic E-state index is 13.1. The number of unbranched alkanes of at least 4 members (excludes halogenated alkanes) is 1. The summed E-state index contributed by atoms with van der Waals surface area (Å²) in [6.45, 7) is 9.38. The molecule has 0 saturated carbocycles. The fourth-order valence-electron chi connectivity index (χ4n) is 5.41. The summed E-state index contributed by atoms with van der Waals surface area (Å²) in [6, 6.07) is -3.30. The van der Waals surface area contributed by atoms with Crippen molar-refractivity contribution in [2.75, 3.05) is 65.4 Å². The summed E-state index contributed by atoms with van der Waals surface area (Å²) in [6.07, 6.45) is 2.95. The first-order chi connectivity index (χ1) is 28.3. The number of carbonyl (C=O) groups excluding carboxylic acids is 9. The molecule has 0 radical (unpaired) electrons. The number of nitrogens with one attached hydrogen (secondary N) is 9. The highest BCUT2D eigenvalue weighted by molar-refractivity contribution is 5.95. The van der Waals surface area contributed by atoms with Crippen LogP contribution >= 0.6 is 0 Å². The minimum Gasteiger partial charge on any atom is -0.480 e. The van der Waals surface area contributed by atoms with Crippen LogP contribution in [0.4, 0.5) is 0 Å². The summed E-state index contributed by atoms with van der Waals surface area (Å²) in [5, 5.41) is 31.8. The van der Waals surface area contributed by atoms with Gasteiger partial charge in [-0.3, -0.25) is 43.2 Å². The second kappa shape index (κ2) is 31.5. The average Bonchev–Trinajstić information content (AvgIpc) is 3.18. The van der Waals surface area contributed by atoms with E-state index in [4.69, 9.17) is 5.73 Å². The van der Waals surface area contributed by atoms with Gasteiger partial charge < -0.3 is 63.6 Å². The third-order valence-electron chi connectivity index (χ3n) is 8.37. The topological polar surface area (TPSA) is 328 Å². The van der Waals surface area contributed by atoms with E-state index in [1.165, 1.54) is 4.90 Å². The summed E-state index contributed by atoms with van der Waals surface area (Å²) in [5.41, 5.74) is 5.45. The molecule has 0 aromatic heterocycles. The molecule has 22 nitrogen and oxygen atoms in total. The van der Waals surface area contributed by atoms with Gasteiger partial charge in [0, 0.05) is 6.54 Å². The minimum atomic E-state index is -1.21. The average molecular weight is 856 g/mol. The molecule has 0 aliphatic heterocycles. The van der Waals surface area contributed by atoms with Crippen LogP contribution in [-0.2, 0) is 47.9 Å². The van der Waals surface area contributed by atoms with E-state index in [0.717, 1.165) is 6.42 Å². The Hall–Kier alpha value is -5.38. The van der Waals surface area contributed by atoms with E-state index in [9.17, 15) is 53.1 Å². The van der Waals surface area contributed by atoms with Crippen LogP contribution in [0.5, 0.6) is 0 Å². The highest BCUT2D eigenvalue weighted by Gasteiger charge is 2.26. The highest BCUT2D eigenvalue weighted by atomic mass is 16.4.